The van der Waals surface area contributed by atoms with Crippen LogP contribution in [0.1, 0.15) is 30.0 Å². The molecular formula is C31H33N5O7. The van der Waals surface area contributed by atoms with Crippen molar-refractivity contribution in [3.8, 4) is 23.0 Å². The lowest BCUT2D eigenvalue weighted by atomic mass is 10.0. The molecule has 1 saturated heterocycles. The standard InChI is InChI=1S/C31H33N5O7/c1-39-21-10-11-23(27(15-21)40-2)30(31(38)32-16-22-6-5-13-41-22)35(17-20-9-12-26-28(14-20)43-19-42-26)29(37)18-36-25-8-4-3-7-24(25)33-34-36/h3-4,7-12,14-15,22,30H,5-6,13,16-19H2,1-2H3,(H,32,38)/t22-,30+/m0/s1. The minimum Gasteiger partial charge on any atom is -0.497 e. The number of carbonyl (C=O) groups is 2. The average Bonchev–Trinajstić information content (AvgIpc) is 3.81. The number of methoxy groups -OCH3 is 2. The van der Waals surface area contributed by atoms with Gasteiger partial charge in [0.2, 0.25) is 18.6 Å². The Hall–Kier alpha value is -4.84. The Labute approximate surface area is 248 Å². The van der Waals surface area contributed by atoms with Crippen LogP contribution in [-0.4, -0.2) is 72.0 Å². The summed E-state index contributed by atoms with van der Waals surface area (Å²) in [5.74, 6) is 1.46. The molecule has 0 saturated carbocycles. The number of para-hydroxylation sites is 1. The topological polar surface area (TPSA) is 126 Å². The van der Waals surface area contributed by atoms with Gasteiger partial charge in [-0.15, -0.1) is 5.10 Å². The van der Waals surface area contributed by atoms with Crippen molar-refractivity contribution in [3.63, 3.8) is 0 Å². The molecule has 0 aliphatic carbocycles. The molecule has 2 amide bonds. The maximum atomic E-state index is 14.3. The molecule has 12 heteroatoms. The highest BCUT2D eigenvalue weighted by molar-refractivity contribution is 5.90. The number of nitrogens with zero attached hydrogens (tertiary/aromatic N) is 4. The van der Waals surface area contributed by atoms with Crippen molar-refractivity contribution in [1.29, 1.82) is 0 Å². The number of hydrogen-bond donors (Lipinski definition) is 1. The van der Waals surface area contributed by atoms with E-state index in [0.717, 1.165) is 18.4 Å². The summed E-state index contributed by atoms with van der Waals surface area (Å²) in [6.45, 7) is 1.07. The van der Waals surface area contributed by atoms with Gasteiger partial charge in [0.1, 0.15) is 29.6 Å². The number of ether oxygens (including phenoxy) is 5. The zero-order valence-corrected chi connectivity index (χ0v) is 24.0. The number of carbonyl (C=O) groups excluding carboxylic acids is 2. The van der Waals surface area contributed by atoms with Gasteiger partial charge in [0, 0.05) is 31.3 Å². The maximum absolute atomic E-state index is 14.3. The molecule has 2 aliphatic rings. The van der Waals surface area contributed by atoms with Gasteiger partial charge in [-0.1, -0.05) is 23.4 Å². The maximum Gasteiger partial charge on any atom is 0.247 e. The summed E-state index contributed by atoms with van der Waals surface area (Å²) < 4.78 is 29.5. The van der Waals surface area contributed by atoms with Gasteiger partial charge in [-0.25, -0.2) is 4.68 Å². The number of aromatic nitrogens is 3. The van der Waals surface area contributed by atoms with Gasteiger partial charge in [0.15, 0.2) is 11.5 Å². The summed E-state index contributed by atoms with van der Waals surface area (Å²) in [5, 5.41) is 11.4. The van der Waals surface area contributed by atoms with E-state index in [1.165, 1.54) is 16.7 Å². The van der Waals surface area contributed by atoms with Crippen LogP contribution in [0.3, 0.4) is 0 Å². The van der Waals surface area contributed by atoms with E-state index in [0.29, 0.717) is 52.7 Å². The van der Waals surface area contributed by atoms with Crippen LogP contribution < -0.4 is 24.3 Å². The zero-order chi connectivity index (χ0) is 29.8. The van der Waals surface area contributed by atoms with Gasteiger partial charge in [-0.3, -0.25) is 9.59 Å². The second kappa shape index (κ2) is 12.6. The lowest BCUT2D eigenvalue weighted by Gasteiger charge is -2.32. The molecule has 0 bridgehead atoms. The van der Waals surface area contributed by atoms with Gasteiger partial charge in [0.05, 0.1) is 25.8 Å². The van der Waals surface area contributed by atoms with E-state index in [2.05, 4.69) is 15.6 Å². The van der Waals surface area contributed by atoms with Crippen LogP contribution in [-0.2, 0) is 27.4 Å². The van der Waals surface area contributed by atoms with E-state index in [-0.39, 0.29) is 37.8 Å². The largest absolute Gasteiger partial charge is 0.497 e. The number of benzene rings is 3. The summed E-state index contributed by atoms with van der Waals surface area (Å²) in [6.07, 6.45) is 1.72. The molecule has 43 heavy (non-hydrogen) atoms. The van der Waals surface area contributed by atoms with Crippen LogP contribution >= 0.6 is 0 Å². The first-order chi connectivity index (χ1) is 21.0. The van der Waals surface area contributed by atoms with Gasteiger partial charge in [-0.05, 0) is 54.8 Å². The fourth-order valence-electron chi connectivity index (χ4n) is 5.42. The minimum atomic E-state index is -1.06. The first-order valence-corrected chi connectivity index (χ1v) is 14.1. The van der Waals surface area contributed by atoms with E-state index in [1.54, 1.807) is 31.4 Å². The van der Waals surface area contributed by atoms with Gasteiger partial charge in [0.25, 0.3) is 0 Å². The molecule has 1 fully saturated rings. The Morgan fingerprint density at radius 1 is 1.07 bits per heavy atom. The Balaban J connectivity index is 1.40. The minimum absolute atomic E-state index is 0.0816. The van der Waals surface area contributed by atoms with Crippen LogP contribution in [0.15, 0.2) is 60.7 Å². The van der Waals surface area contributed by atoms with Crippen molar-refractivity contribution in [2.45, 2.75) is 38.1 Å². The molecule has 3 aromatic carbocycles. The summed E-state index contributed by atoms with van der Waals surface area (Å²) in [7, 11) is 3.07. The summed E-state index contributed by atoms with van der Waals surface area (Å²) in [6, 6.07) is 17.0. The highest BCUT2D eigenvalue weighted by atomic mass is 16.7. The number of nitrogens with one attached hydrogen (secondary N) is 1. The van der Waals surface area contributed by atoms with Crippen LogP contribution in [0.4, 0.5) is 0 Å². The highest BCUT2D eigenvalue weighted by Crippen LogP contribution is 2.36. The number of rotatable bonds is 11. The lowest BCUT2D eigenvalue weighted by molar-refractivity contribution is -0.142. The third-order valence-corrected chi connectivity index (χ3v) is 7.64. The van der Waals surface area contributed by atoms with E-state index >= 15 is 0 Å². The number of hydrogen-bond acceptors (Lipinski definition) is 9. The van der Waals surface area contributed by atoms with Crippen molar-refractivity contribution in [3.05, 3.63) is 71.8 Å². The van der Waals surface area contributed by atoms with Crippen LogP contribution in [0.5, 0.6) is 23.0 Å². The predicted molar refractivity (Wildman–Crippen MR) is 155 cm³/mol. The monoisotopic (exact) mass is 587 g/mol. The third kappa shape index (κ3) is 6.05. The Morgan fingerprint density at radius 2 is 1.93 bits per heavy atom. The molecule has 1 aromatic heterocycles. The first-order valence-electron chi connectivity index (χ1n) is 14.1. The SMILES string of the molecule is COc1ccc([C@H](C(=O)NC[C@@H]2CCCO2)N(Cc2ccc3c(c2)OCO3)C(=O)Cn2nnc3ccccc32)c(OC)c1. The summed E-state index contributed by atoms with van der Waals surface area (Å²) in [5.41, 5.74) is 2.64. The van der Waals surface area contributed by atoms with Crippen LogP contribution in [0, 0.1) is 0 Å². The molecule has 3 heterocycles. The fraction of sp³-hybridized carbons (Fsp3) is 0.355. The smallest absolute Gasteiger partial charge is 0.247 e. The van der Waals surface area contributed by atoms with Gasteiger partial charge >= 0.3 is 0 Å². The molecular weight excluding hydrogens is 554 g/mol. The van der Waals surface area contributed by atoms with E-state index in [1.807, 2.05) is 36.4 Å². The molecule has 6 rings (SSSR count). The van der Waals surface area contributed by atoms with Crippen LogP contribution in [0.2, 0.25) is 0 Å². The molecule has 1 N–H and O–H groups in total. The van der Waals surface area contributed by atoms with E-state index in [4.69, 9.17) is 23.7 Å². The summed E-state index contributed by atoms with van der Waals surface area (Å²) >= 11 is 0. The molecule has 0 unspecified atom stereocenters. The lowest BCUT2D eigenvalue weighted by Crippen LogP contribution is -2.46. The molecule has 12 nitrogen and oxygen atoms in total. The second-order valence-electron chi connectivity index (χ2n) is 10.3. The Bertz CT molecular complexity index is 1620. The molecule has 224 valence electrons. The predicted octanol–water partition coefficient (Wildman–Crippen LogP) is 3.24. The number of amides is 2. The Kier molecular flexibility index (Phi) is 8.27. The van der Waals surface area contributed by atoms with Crippen molar-refractivity contribution < 1.29 is 33.3 Å². The molecule has 0 radical (unpaired) electrons. The normalized spacial score (nSPS) is 16.2. The Morgan fingerprint density at radius 3 is 2.74 bits per heavy atom. The van der Waals surface area contributed by atoms with E-state index in [9.17, 15) is 9.59 Å². The van der Waals surface area contributed by atoms with E-state index < -0.39 is 6.04 Å². The van der Waals surface area contributed by atoms with Crippen molar-refractivity contribution >= 4 is 22.8 Å². The number of fused-ring (bicyclic) bond motifs is 2. The molecule has 2 atom stereocenters. The molecule has 2 aliphatic heterocycles. The first kappa shape index (κ1) is 28.3. The van der Waals surface area contributed by atoms with Crippen molar-refractivity contribution in [1.82, 2.24) is 25.2 Å². The van der Waals surface area contributed by atoms with Crippen LogP contribution in [0.25, 0.3) is 11.0 Å². The van der Waals surface area contributed by atoms with Gasteiger partial charge in [-0.2, -0.15) is 0 Å². The second-order valence-corrected chi connectivity index (χ2v) is 10.3. The quantitative estimate of drug-likeness (QED) is 0.281. The average molecular weight is 588 g/mol. The third-order valence-electron chi connectivity index (χ3n) is 7.64. The zero-order valence-electron chi connectivity index (χ0n) is 24.0. The van der Waals surface area contributed by atoms with Crippen molar-refractivity contribution in [2.24, 2.45) is 0 Å². The molecule has 4 aromatic rings. The highest BCUT2D eigenvalue weighted by Gasteiger charge is 2.35. The van der Waals surface area contributed by atoms with Gasteiger partial charge < -0.3 is 33.9 Å². The summed E-state index contributed by atoms with van der Waals surface area (Å²) in [4.78, 5) is 30.0. The fourth-order valence-corrected chi connectivity index (χ4v) is 5.42. The molecule has 0 spiro atoms. The van der Waals surface area contributed by atoms with Crippen molar-refractivity contribution in [2.75, 3.05) is 34.2 Å².